The molecule has 1 saturated heterocycles. The fraction of sp³-hybridized carbons (Fsp3) is 0.267. The number of benzene rings is 1. The van der Waals surface area contributed by atoms with Gasteiger partial charge in [0, 0.05) is 19.0 Å². The molecule has 0 radical (unpaired) electrons. The monoisotopic (exact) mass is 295 g/mol. The highest BCUT2D eigenvalue weighted by molar-refractivity contribution is 5.94. The minimum Gasteiger partial charge on any atom is -0.469 e. The van der Waals surface area contributed by atoms with E-state index >= 15 is 0 Å². The SMILES string of the molecule is O=C(c1ccc(F)c(F)c1F)N1CCC(c2ccco2)C1. The minimum absolute atomic E-state index is 0.0392. The third-order valence-electron chi connectivity index (χ3n) is 3.69. The number of hydrogen-bond acceptors (Lipinski definition) is 2. The van der Waals surface area contributed by atoms with E-state index in [0.717, 1.165) is 17.9 Å². The Kier molecular flexibility index (Phi) is 3.45. The molecule has 3 rings (SSSR count). The smallest absolute Gasteiger partial charge is 0.256 e. The van der Waals surface area contributed by atoms with Gasteiger partial charge in [0.2, 0.25) is 0 Å². The van der Waals surface area contributed by atoms with Crippen LogP contribution in [0.5, 0.6) is 0 Å². The molecule has 2 aromatic rings. The first kappa shape index (κ1) is 13.7. The topological polar surface area (TPSA) is 33.5 Å². The maximum atomic E-state index is 13.7. The zero-order valence-electron chi connectivity index (χ0n) is 11.0. The molecule has 0 saturated carbocycles. The van der Waals surface area contributed by atoms with Crippen molar-refractivity contribution < 1.29 is 22.4 Å². The molecular weight excluding hydrogens is 283 g/mol. The summed E-state index contributed by atoms with van der Waals surface area (Å²) in [4.78, 5) is 13.6. The molecular formula is C15H12F3NO2. The molecule has 0 spiro atoms. The summed E-state index contributed by atoms with van der Waals surface area (Å²) in [5.41, 5.74) is -0.450. The Morgan fingerprint density at radius 3 is 2.71 bits per heavy atom. The van der Waals surface area contributed by atoms with Gasteiger partial charge in [0.25, 0.3) is 5.91 Å². The Morgan fingerprint density at radius 1 is 1.19 bits per heavy atom. The van der Waals surface area contributed by atoms with E-state index in [9.17, 15) is 18.0 Å². The van der Waals surface area contributed by atoms with Crippen molar-refractivity contribution in [2.24, 2.45) is 0 Å². The lowest BCUT2D eigenvalue weighted by atomic mass is 10.1. The number of rotatable bonds is 2. The summed E-state index contributed by atoms with van der Waals surface area (Å²) in [5, 5.41) is 0. The highest BCUT2D eigenvalue weighted by atomic mass is 19.2. The lowest BCUT2D eigenvalue weighted by molar-refractivity contribution is 0.0784. The third-order valence-corrected chi connectivity index (χ3v) is 3.69. The van der Waals surface area contributed by atoms with Crippen LogP contribution in [0.2, 0.25) is 0 Å². The quantitative estimate of drug-likeness (QED) is 0.796. The standard InChI is InChI=1S/C15H12F3NO2/c16-11-4-3-10(13(17)14(11)18)15(20)19-6-5-9(8-19)12-2-1-7-21-12/h1-4,7,9H,5-6,8H2. The Morgan fingerprint density at radius 2 is 2.00 bits per heavy atom. The predicted molar refractivity (Wildman–Crippen MR) is 68.3 cm³/mol. The first-order valence-electron chi connectivity index (χ1n) is 6.54. The average Bonchev–Trinajstić information content (AvgIpc) is 3.14. The molecule has 0 aliphatic carbocycles. The summed E-state index contributed by atoms with van der Waals surface area (Å²) in [6.45, 7) is 0.785. The van der Waals surface area contributed by atoms with Crippen molar-refractivity contribution in [3.8, 4) is 0 Å². The van der Waals surface area contributed by atoms with Gasteiger partial charge in [-0.25, -0.2) is 13.2 Å². The van der Waals surface area contributed by atoms with E-state index in [1.54, 1.807) is 12.3 Å². The second-order valence-corrected chi connectivity index (χ2v) is 4.98. The van der Waals surface area contributed by atoms with Gasteiger partial charge in [-0.1, -0.05) is 0 Å². The largest absolute Gasteiger partial charge is 0.469 e. The second-order valence-electron chi connectivity index (χ2n) is 4.98. The van der Waals surface area contributed by atoms with Crippen LogP contribution in [0.15, 0.2) is 34.9 Å². The third kappa shape index (κ3) is 2.41. The predicted octanol–water partition coefficient (Wildman–Crippen LogP) is 3.33. The van der Waals surface area contributed by atoms with E-state index in [2.05, 4.69) is 0 Å². The van der Waals surface area contributed by atoms with E-state index in [0.29, 0.717) is 19.5 Å². The number of carbonyl (C=O) groups is 1. The summed E-state index contributed by atoms with van der Waals surface area (Å²) < 4.78 is 45.0. The van der Waals surface area contributed by atoms with E-state index in [1.165, 1.54) is 4.90 Å². The summed E-state index contributed by atoms with van der Waals surface area (Å²) in [5.74, 6) is -4.21. The molecule has 1 unspecified atom stereocenters. The van der Waals surface area contributed by atoms with Crippen LogP contribution in [-0.4, -0.2) is 23.9 Å². The summed E-state index contributed by atoms with van der Waals surface area (Å²) in [6.07, 6.45) is 2.24. The summed E-state index contributed by atoms with van der Waals surface area (Å²) in [7, 11) is 0. The molecule has 3 nitrogen and oxygen atoms in total. The van der Waals surface area contributed by atoms with Crippen LogP contribution in [0.4, 0.5) is 13.2 Å². The molecule has 1 atom stereocenters. The van der Waals surface area contributed by atoms with Gasteiger partial charge in [0.05, 0.1) is 11.8 Å². The lowest BCUT2D eigenvalue weighted by Crippen LogP contribution is -2.29. The van der Waals surface area contributed by atoms with Gasteiger partial charge in [0.15, 0.2) is 17.5 Å². The van der Waals surface area contributed by atoms with Crippen LogP contribution in [0.1, 0.15) is 28.5 Å². The maximum absolute atomic E-state index is 13.7. The van der Waals surface area contributed by atoms with Gasteiger partial charge in [-0.15, -0.1) is 0 Å². The number of amides is 1. The highest BCUT2D eigenvalue weighted by Gasteiger charge is 2.31. The Bertz CT molecular complexity index is 670. The summed E-state index contributed by atoms with van der Waals surface area (Å²) >= 11 is 0. The molecule has 1 aromatic carbocycles. The normalized spacial score (nSPS) is 18.2. The number of carbonyl (C=O) groups excluding carboxylic acids is 1. The Labute approximate surface area is 119 Å². The highest BCUT2D eigenvalue weighted by Crippen LogP contribution is 2.29. The molecule has 1 aliphatic rings. The van der Waals surface area contributed by atoms with E-state index in [1.807, 2.05) is 6.07 Å². The first-order valence-corrected chi connectivity index (χ1v) is 6.54. The molecule has 110 valence electrons. The molecule has 1 amide bonds. The Balaban J connectivity index is 1.79. The van der Waals surface area contributed by atoms with Crippen molar-refractivity contribution >= 4 is 5.91 Å². The molecule has 2 heterocycles. The van der Waals surface area contributed by atoms with Crippen molar-refractivity contribution in [1.82, 2.24) is 4.90 Å². The maximum Gasteiger partial charge on any atom is 0.256 e. The molecule has 6 heteroatoms. The zero-order chi connectivity index (χ0) is 15.0. The van der Waals surface area contributed by atoms with Crippen molar-refractivity contribution in [1.29, 1.82) is 0 Å². The first-order chi connectivity index (χ1) is 10.1. The van der Waals surface area contributed by atoms with Crippen molar-refractivity contribution in [2.75, 3.05) is 13.1 Å². The van der Waals surface area contributed by atoms with Crippen molar-refractivity contribution in [3.63, 3.8) is 0 Å². The molecule has 1 aromatic heterocycles. The van der Waals surface area contributed by atoms with E-state index < -0.39 is 28.9 Å². The fourth-order valence-corrected chi connectivity index (χ4v) is 2.56. The van der Waals surface area contributed by atoms with Crippen LogP contribution in [0, 0.1) is 17.5 Å². The molecule has 1 aliphatic heterocycles. The number of furan rings is 1. The fourth-order valence-electron chi connectivity index (χ4n) is 2.56. The molecule has 21 heavy (non-hydrogen) atoms. The zero-order valence-corrected chi connectivity index (χ0v) is 11.0. The molecule has 1 fully saturated rings. The number of halogens is 3. The molecule has 0 N–H and O–H groups in total. The average molecular weight is 295 g/mol. The van der Waals surface area contributed by atoms with Crippen LogP contribution < -0.4 is 0 Å². The van der Waals surface area contributed by atoms with Crippen molar-refractivity contribution in [2.45, 2.75) is 12.3 Å². The van der Waals surface area contributed by atoms with Gasteiger partial charge >= 0.3 is 0 Å². The van der Waals surface area contributed by atoms with Gasteiger partial charge in [0.1, 0.15) is 5.76 Å². The van der Waals surface area contributed by atoms with E-state index in [-0.39, 0.29) is 5.92 Å². The second kappa shape index (κ2) is 5.27. The van der Waals surface area contributed by atoms with Gasteiger partial charge in [-0.2, -0.15) is 0 Å². The van der Waals surface area contributed by atoms with Crippen LogP contribution in [0.3, 0.4) is 0 Å². The summed E-state index contributed by atoms with van der Waals surface area (Å²) in [6, 6.07) is 5.30. The Hall–Kier alpha value is -2.24. The van der Waals surface area contributed by atoms with Crippen LogP contribution >= 0.6 is 0 Å². The minimum atomic E-state index is -1.62. The number of nitrogens with zero attached hydrogens (tertiary/aromatic N) is 1. The van der Waals surface area contributed by atoms with Gasteiger partial charge in [-0.05, 0) is 30.7 Å². The van der Waals surface area contributed by atoms with Gasteiger partial charge < -0.3 is 9.32 Å². The number of likely N-dealkylation sites (tertiary alicyclic amines) is 1. The van der Waals surface area contributed by atoms with Crippen molar-refractivity contribution in [3.05, 3.63) is 59.3 Å². The van der Waals surface area contributed by atoms with E-state index in [4.69, 9.17) is 4.42 Å². The molecule has 0 bridgehead atoms. The number of hydrogen-bond donors (Lipinski definition) is 0. The van der Waals surface area contributed by atoms with Gasteiger partial charge in [-0.3, -0.25) is 4.79 Å². The lowest BCUT2D eigenvalue weighted by Gasteiger charge is -2.16. The van der Waals surface area contributed by atoms with Crippen LogP contribution in [-0.2, 0) is 0 Å². The van der Waals surface area contributed by atoms with Crippen LogP contribution in [0.25, 0.3) is 0 Å².